The van der Waals surface area contributed by atoms with Gasteiger partial charge in [0.1, 0.15) is 0 Å². The molecule has 4 heteroatoms. The van der Waals surface area contributed by atoms with E-state index >= 15 is 0 Å². The van der Waals surface area contributed by atoms with Crippen LogP contribution >= 0.6 is 31.9 Å². The second-order valence-corrected chi connectivity index (χ2v) is 4.41. The standard InChI is InChI=1S/C10H8Br2O2/c1-2-3-6-4-7-10(14-5-13-7)9(12)8(6)11/h2-4H,5H2,1H3. The largest absolute Gasteiger partial charge is 0.454 e. The van der Waals surface area contributed by atoms with E-state index in [0.717, 1.165) is 26.0 Å². The van der Waals surface area contributed by atoms with Crippen molar-refractivity contribution in [1.82, 2.24) is 0 Å². The predicted molar refractivity (Wildman–Crippen MR) is 62.7 cm³/mol. The van der Waals surface area contributed by atoms with Crippen LogP contribution in [0.5, 0.6) is 11.5 Å². The van der Waals surface area contributed by atoms with Crippen LogP contribution in [0.1, 0.15) is 12.5 Å². The number of hydrogen-bond acceptors (Lipinski definition) is 2. The number of allylic oxidation sites excluding steroid dienone is 1. The smallest absolute Gasteiger partial charge is 0.231 e. The summed E-state index contributed by atoms with van der Waals surface area (Å²) >= 11 is 6.97. The van der Waals surface area contributed by atoms with Crippen LogP contribution in [0.15, 0.2) is 21.1 Å². The Bertz CT molecular complexity index is 400. The zero-order valence-corrected chi connectivity index (χ0v) is 10.7. The van der Waals surface area contributed by atoms with Crippen LogP contribution in [0.3, 0.4) is 0 Å². The lowest BCUT2D eigenvalue weighted by Crippen LogP contribution is -1.93. The summed E-state index contributed by atoms with van der Waals surface area (Å²) < 4.78 is 12.5. The molecule has 1 aliphatic rings. The molecular formula is C10H8Br2O2. The summed E-state index contributed by atoms with van der Waals surface area (Å²) in [5, 5.41) is 0. The monoisotopic (exact) mass is 318 g/mol. The third kappa shape index (κ3) is 1.57. The Labute approximate surface area is 99.2 Å². The van der Waals surface area contributed by atoms with E-state index in [0.29, 0.717) is 6.79 Å². The first kappa shape index (κ1) is 10.1. The van der Waals surface area contributed by atoms with E-state index in [4.69, 9.17) is 9.47 Å². The van der Waals surface area contributed by atoms with E-state index in [1.54, 1.807) is 0 Å². The van der Waals surface area contributed by atoms with Gasteiger partial charge in [-0.05, 0) is 50.4 Å². The molecule has 1 aliphatic heterocycles. The van der Waals surface area contributed by atoms with Crippen LogP contribution in [0.25, 0.3) is 6.08 Å². The molecule has 0 radical (unpaired) electrons. The van der Waals surface area contributed by atoms with Crippen LogP contribution in [0.2, 0.25) is 0 Å². The lowest BCUT2D eigenvalue weighted by Gasteiger charge is -2.05. The van der Waals surface area contributed by atoms with Crippen LogP contribution in [0, 0.1) is 0 Å². The normalized spacial score (nSPS) is 13.9. The van der Waals surface area contributed by atoms with Gasteiger partial charge in [0.2, 0.25) is 6.79 Å². The molecule has 0 bridgehead atoms. The van der Waals surface area contributed by atoms with E-state index in [2.05, 4.69) is 31.9 Å². The zero-order chi connectivity index (χ0) is 10.1. The van der Waals surface area contributed by atoms with Gasteiger partial charge in [-0.25, -0.2) is 0 Å². The fraction of sp³-hybridized carbons (Fsp3) is 0.200. The van der Waals surface area contributed by atoms with Crippen molar-refractivity contribution in [2.45, 2.75) is 6.92 Å². The molecule has 0 N–H and O–H groups in total. The van der Waals surface area contributed by atoms with Gasteiger partial charge in [-0.15, -0.1) is 0 Å². The zero-order valence-electron chi connectivity index (χ0n) is 7.51. The summed E-state index contributed by atoms with van der Waals surface area (Å²) in [5.74, 6) is 1.55. The van der Waals surface area contributed by atoms with Crippen LogP contribution < -0.4 is 9.47 Å². The average Bonchev–Trinajstić information content (AvgIpc) is 2.62. The number of benzene rings is 1. The van der Waals surface area contributed by atoms with Crippen molar-refractivity contribution < 1.29 is 9.47 Å². The molecule has 0 amide bonds. The predicted octanol–water partition coefficient (Wildman–Crippen LogP) is 3.97. The number of halogens is 2. The number of ether oxygens (including phenoxy) is 2. The van der Waals surface area contributed by atoms with Gasteiger partial charge in [0, 0.05) is 4.47 Å². The SMILES string of the molecule is CC=Cc1cc2c(c(Br)c1Br)OCO2. The van der Waals surface area contributed by atoms with E-state index in [-0.39, 0.29) is 0 Å². The molecule has 1 aromatic rings. The summed E-state index contributed by atoms with van der Waals surface area (Å²) in [6, 6.07) is 1.96. The molecule has 14 heavy (non-hydrogen) atoms. The molecule has 2 nitrogen and oxygen atoms in total. The summed E-state index contributed by atoms with van der Waals surface area (Å²) in [7, 11) is 0. The summed E-state index contributed by atoms with van der Waals surface area (Å²) in [5.41, 5.74) is 1.07. The quantitative estimate of drug-likeness (QED) is 0.779. The minimum absolute atomic E-state index is 0.291. The first-order chi connectivity index (χ1) is 6.74. The summed E-state index contributed by atoms with van der Waals surface area (Å²) in [6.07, 6.45) is 3.99. The highest BCUT2D eigenvalue weighted by molar-refractivity contribution is 9.13. The maximum atomic E-state index is 5.32. The first-order valence-corrected chi connectivity index (χ1v) is 5.73. The van der Waals surface area contributed by atoms with Gasteiger partial charge < -0.3 is 9.47 Å². The molecule has 0 saturated heterocycles. The Morgan fingerprint density at radius 1 is 1.29 bits per heavy atom. The molecule has 0 spiro atoms. The highest BCUT2D eigenvalue weighted by atomic mass is 79.9. The molecule has 0 unspecified atom stereocenters. The summed E-state index contributed by atoms with van der Waals surface area (Å²) in [4.78, 5) is 0. The van der Waals surface area contributed by atoms with Gasteiger partial charge in [0.25, 0.3) is 0 Å². The van der Waals surface area contributed by atoms with Crippen molar-refractivity contribution in [1.29, 1.82) is 0 Å². The molecule has 0 aliphatic carbocycles. The summed E-state index contributed by atoms with van der Waals surface area (Å²) in [6.45, 7) is 2.27. The molecule has 0 saturated carbocycles. The molecular weight excluding hydrogens is 312 g/mol. The molecule has 1 heterocycles. The minimum Gasteiger partial charge on any atom is -0.454 e. The molecule has 74 valence electrons. The van der Waals surface area contributed by atoms with Crippen molar-refractivity contribution in [2.75, 3.05) is 6.79 Å². The van der Waals surface area contributed by atoms with Gasteiger partial charge in [0.05, 0.1) is 4.47 Å². The Hall–Kier alpha value is -0.480. The van der Waals surface area contributed by atoms with E-state index in [1.165, 1.54) is 0 Å². The number of hydrogen-bond donors (Lipinski definition) is 0. The number of fused-ring (bicyclic) bond motifs is 1. The van der Waals surface area contributed by atoms with Crippen molar-refractivity contribution in [3.63, 3.8) is 0 Å². The fourth-order valence-corrected chi connectivity index (χ4v) is 2.26. The minimum atomic E-state index is 0.291. The van der Waals surface area contributed by atoms with Crippen molar-refractivity contribution in [2.24, 2.45) is 0 Å². The van der Waals surface area contributed by atoms with E-state index in [9.17, 15) is 0 Å². The van der Waals surface area contributed by atoms with Gasteiger partial charge >= 0.3 is 0 Å². The van der Waals surface area contributed by atoms with Gasteiger partial charge in [0.15, 0.2) is 11.5 Å². The molecule has 0 atom stereocenters. The third-order valence-corrected chi connectivity index (χ3v) is 4.06. The van der Waals surface area contributed by atoms with Crippen LogP contribution in [-0.4, -0.2) is 6.79 Å². The van der Waals surface area contributed by atoms with E-state index < -0.39 is 0 Å². The second kappa shape index (κ2) is 3.95. The fourth-order valence-electron chi connectivity index (χ4n) is 1.30. The third-order valence-electron chi connectivity index (χ3n) is 1.92. The maximum absolute atomic E-state index is 5.32. The Balaban J connectivity index is 2.60. The van der Waals surface area contributed by atoms with Gasteiger partial charge in [-0.2, -0.15) is 0 Å². The van der Waals surface area contributed by atoms with Crippen LogP contribution in [0.4, 0.5) is 0 Å². The van der Waals surface area contributed by atoms with Crippen molar-refractivity contribution in [3.05, 3.63) is 26.7 Å². The Kier molecular flexibility index (Phi) is 2.83. The first-order valence-electron chi connectivity index (χ1n) is 4.14. The highest BCUT2D eigenvalue weighted by Gasteiger charge is 2.20. The molecule has 0 aromatic heterocycles. The molecule has 0 fully saturated rings. The van der Waals surface area contributed by atoms with E-state index in [1.807, 2.05) is 25.1 Å². The topological polar surface area (TPSA) is 18.5 Å². The average molecular weight is 320 g/mol. The second-order valence-electron chi connectivity index (χ2n) is 2.83. The maximum Gasteiger partial charge on any atom is 0.231 e. The Morgan fingerprint density at radius 3 is 2.79 bits per heavy atom. The molecule has 1 aromatic carbocycles. The Morgan fingerprint density at radius 2 is 2.07 bits per heavy atom. The van der Waals surface area contributed by atoms with Crippen LogP contribution in [-0.2, 0) is 0 Å². The number of rotatable bonds is 1. The lowest BCUT2D eigenvalue weighted by atomic mass is 10.2. The lowest BCUT2D eigenvalue weighted by molar-refractivity contribution is 0.173. The highest BCUT2D eigenvalue weighted by Crippen LogP contribution is 2.45. The van der Waals surface area contributed by atoms with Crippen molar-refractivity contribution in [3.8, 4) is 11.5 Å². The molecule has 2 rings (SSSR count). The van der Waals surface area contributed by atoms with Crippen molar-refractivity contribution >= 4 is 37.9 Å². The van der Waals surface area contributed by atoms with Gasteiger partial charge in [-0.3, -0.25) is 0 Å². The van der Waals surface area contributed by atoms with Gasteiger partial charge in [-0.1, -0.05) is 12.2 Å².